The van der Waals surface area contributed by atoms with Crippen molar-refractivity contribution in [1.82, 2.24) is 4.98 Å². The summed E-state index contributed by atoms with van der Waals surface area (Å²) >= 11 is 0. The molecule has 0 N–H and O–H groups in total. The first kappa shape index (κ1) is 6.85. The van der Waals surface area contributed by atoms with Crippen LogP contribution in [-0.2, 0) is 0 Å². The van der Waals surface area contributed by atoms with Crippen molar-refractivity contribution in [2.75, 3.05) is 0 Å². The average Bonchev–Trinajstić information content (AvgIpc) is 1.76. The van der Waals surface area contributed by atoms with Gasteiger partial charge in [0.15, 0.2) is 6.39 Å². The van der Waals surface area contributed by atoms with Crippen LogP contribution in [0.5, 0.6) is 0 Å². The van der Waals surface area contributed by atoms with E-state index in [-0.39, 0.29) is 52.8 Å². The van der Waals surface area contributed by atoms with E-state index < -0.39 is 0 Å². The van der Waals surface area contributed by atoms with E-state index in [9.17, 15) is 0 Å². The standard InChI is InChI=1S/C3H3NO.K.H/c1-2-5-3-4-1;;/h1-3H;;/q;+1;-1. The van der Waals surface area contributed by atoms with Crippen LogP contribution >= 0.6 is 0 Å². The minimum atomic E-state index is 0. The molecule has 0 aliphatic carbocycles. The molecule has 0 unspecified atom stereocenters. The van der Waals surface area contributed by atoms with Crippen molar-refractivity contribution in [2.45, 2.75) is 0 Å². The SMILES string of the molecule is [H-].[K+].c1cocn1. The molecule has 1 heterocycles. The molecule has 0 amide bonds. The van der Waals surface area contributed by atoms with Crippen LogP contribution in [0.1, 0.15) is 1.43 Å². The van der Waals surface area contributed by atoms with Crippen LogP contribution in [0.3, 0.4) is 0 Å². The molecule has 0 bridgehead atoms. The van der Waals surface area contributed by atoms with Crippen molar-refractivity contribution in [3.05, 3.63) is 18.9 Å². The number of rotatable bonds is 0. The zero-order chi connectivity index (χ0) is 3.54. The molecule has 0 fully saturated rings. The van der Waals surface area contributed by atoms with Gasteiger partial charge in [0.1, 0.15) is 6.26 Å². The van der Waals surface area contributed by atoms with Crippen molar-refractivity contribution in [3.63, 3.8) is 0 Å². The van der Waals surface area contributed by atoms with Gasteiger partial charge >= 0.3 is 51.4 Å². The number of nitrogens with zero attached hydrogens (tertiary/aromatic N) is 1. The summed E-state index contributed by atoms with van der Waals surface area (Å²) in [5.74, 6) is 0. The fraction of sp³-hybridized carbons (Fsp3) is 0. The summed E-state index contributed by atoms with van der Waals surface area (Å²) < 4.78 is 4.47. The van der Waals surface area contributed by atoms with Gasteiger partial charge in [0.25, 0.3) is 0 Å². The number of aromatic nitrogens is 1. The molecule has 0 aliphatic rings. The summed E-state index contributed by atoms with van der Waals surface area (Å²) in [4.78, 5) is 3.56. The summed E-state index contributed by atoms with van der Waals surface area (Å²) in [6, 6.07) is 0. The predicted octanol–water partition coefficient (Wildman–Crippen LogP) is -2.21. The first-order valence-corrected chi connectivity index (χ1v) is 1.32. The smallest absolute Gasteiger partial charge is 1.00 e. The third-order valence-electron chi connectivity index (χ3n) is 0.347. The van der Waals surface area contributed by atoms with Crippen LogP contribution < -0.4 is 51.4 Å². The number of hydrogen-bond acceptors (Lipinski definition) is 2. The van der Waals surface area contributed by atoms with Crippen LogP contribution in [0.4, 0.5) is 0 Å². The van der Waals surface area contributed by atoms with Gasteiger partial charge in [-0.1, -0.05) is 0 Å². The molecule has 28 valence electrons. The maximum absolute atomic E-state index is 4.47. The predicted molar refractivity (Wildman–Crippen MR) is 17.6 cm³/mol. The van der Waals surface area contributed by atoms with E-state index in [2.05, 4.69) is 9.40 Å². The molecule has 0 aliphatic heterocycles. The van der Waals surface area contributed by atoms with Crippen molar-refractivity contribution in [3.8, 4) is 0 Å². The number of oxazole rings is 1. The largest absolute Gasteiger partial charge is 1.00 e. The summed E-state index contributed by atoms with van der Waals surface area (Å²) in [6.07, 6.45) is 4.47. The minimum Gasteiger partial charge on any atom is -1.00 e. The zero-order valence-electron chi connectivity index (χ0n) is 4.59. The second-order valence-corrected chi connectivity index (χ2v) is 0.676. The molecule has 0 radical (unpaired) electrons. The molecule has 3 heteroatoms. The summed E-state index contributed by atoms with van der Waals surface area (Å²) in [5.41, 5.74) is 0. The molecule has 1 aromatic rings. The monoisotopic (exact) mass is 109 g/mol. The summed E-state index contributed by atoms with van der Waals surface area (Å²) in [7, 11) is 0. The van der Waals surface area contributed by atoms with Crippen LogP contribution in [0.2, 0.25) is 0 Å². The van der Waals surface area contributed by atoms with Gasteiger partial charge in [0.05, 0.1) is 6.20 Å². The van der Waals surface area contributed by atoms with Crippen molar-refractivity contribution < 1.29 is 57.2 Å². The molecular formula is C3H4KNO. The Bertz CT molecular complexity index is 71.4. The molecule has 0 spiro atoms. The topological polar surface area (TPSA) is 26.0 Å². The van der Waals surface area contributed by atoms with E-state index in [1.807, 2.05) is 0 Å². The maximum Gasteiger partial charge on any atom is 1.00 e. The Balaban J connectivity index is 0. The summed E-state index contributed by atoms with van der Waals surface area (Å²) in [6.45, 7) is 0. The van der Waals surface area contributed by atoms with E-state index in [1.165, 1.54) is 12.7 Å². The third kappa shape index (κ3) is 2.10. The van der Waals surface area contributed by atoms with E-state index in [4.69, 9.17) is 0 Å². The van der Waals surface area contributed by atoms with E-state index in [1.54, 1.807) is 6.20 Å². The first-order chi connectivity index (χ1) is 2.50. The molecular weight excluding hydrogens is 105 g/mol. The second-order valence-electron chi connectivity index (χ2n) is 0.676. The second kappa shape index (κ2) is 4.02. The Morgan fingerprint density at radius 2 is 2.50 bits per heavy atom. The Hall–Kier alpha value is 0.846. The maximum atomic E-state index is 4.47. The van der Waals surface area contributed by atoms with Crippen LogP contribution in [-0.4, -0.2) is 4.98 Å². The zero-order valence-corrected chi connectivity index (χ0v) is 6.71. The van der Waals surface area contributed by atoms with Crippen LogP contribution in [0.25, 0.3) is 0 Å². The molecule has 2 nitrogen and oxygen atoms in total. The average molecular weight is 109 g/mol. The van der Waals surface area contributed by atoms with Gasteiger partial charge in [0.2, 0.25) is 0 Å². The van der Waals surface area contributed by atoms with Crippen LogP contribution in [0.15, 0.2) is 23.3 Å². The molecule has 0 saturated heterocycles. The van der Waals surface area contributed by atoms with E-state index in [0.717, 1.165) is 0 Å². The third-order valence-corrected chi connectivity index (χ3v) is 0.347. The molecule has 6 heavy (non-hydrogen) atoms. The van der Waals surface area contributed by atoms with Gasteiger partial charge < -0.3 is 5.84 Å². The van der Waals surface area contributed by atoms with Gasteiger partial charge in [-0.3, -0.25) is 0 Å². The van der Waals surface area contributed by atoms with Gasteiger partial charge in [-0.25, -0.2) is 4.98 Å². The van der Waals surface area contributed by atoms with Gasteiger partial charge in [-0.15, -0.1) is 0 Å². The molecule has 0 atom stereocenters. The Labute approximate surface area is 79.9 Å². The Morgan fingerprint density at radius 1 is 1.67 bits per heavy atom. The fourth-order valence-corrected chi connectivity index (χ4v) is 0.176. The van der Waals surface area contributed by atoms with E-state index in [0.29, 0.717) is 0 Å². The number of hydrogen-bond donors (Lipinski definition) is 0. The van der Waals surface area contributed by atoms with Gasteiger partial charge in [-0.2, -0.15) is 0 Å². The van der Waals surface area contributed by atoms with Crippen molar-refractivity contribution >= 4 is 0 Å². The van der Waals surface area contributed by atoms with Crippen molar-refractivity contribution in [2.24, 2.45) is 0 Å². The molecule has 1 aromatic heterocycles. The Kier molecular flexibility index (Phi) is 4.58. The Morgan fingerprint density at radius 3 is 2.67 bits per heavy atom. The van der Waals surface area contributed by atoms with Gasteiger partial charge in [-0.05, 0) is 0 Å². The van der Waals surface area contributed by atoms with Crippen LogP contribution in [0, 0.1) is 0 Å². The molecule has 0 aromatic carbocycles. The molecule has 1 rings (SSSR count). The molecule has 0 saturated carbocycles. The van der Waals surface area contributed by atoms with Gasteiger partial charge in [0, 0.05) is 0 Å². The summed E-state index contributed by atoms with van der Waals surface area (Å²) in [5, 5.41) is 0. The normalized spacial score (nSPS) is 6.67. The van der Waals surface area contributed by atoms with Crippen molar-refractivity contribution in [1.29, 1.82) is 0 Å². The quantitative estimate of drug-likeness (QED) is 0.353. The minimum absolute atomic E-state index is 0. The fourth-order valence-electron chi connectivity index (χ4n) is 0.176. The van der Waals surface area contributed by atoms with E-state index >= 15 is 0 Å². The first-order valence-electron chi connectivity index (χ1n) is 1.32.